The van der Waals surface area contributed by atoms with Crippen LogP contribution in [0.25, 0.3) is 0 Å². The normalized spacial score (nSPS) is 21.8. The largest absolute Gasteiger partial charge is 0.388 e. The molecule has 92 valence electrons. The van der Waals surface area contributed by atoms with Gasteiger partial charge in [-0.25, -0.2) is 0 Å². The quantitative estimate of drug-likeness (QED) is 0.474. The summed E-state index contributed by atoms with van der Waals surface area (Å²) in [6, 6.07) is 0. The predicted molar refractivity (Wildman–Crippen MR) is 69.3 cm³/mol. The fraction of sp³-hybridized carbons (Fsp3) is 0.667. The summed E-state index contributed by atoms with van der Waals surface area (Å²) in [4.78, 5) is 0. The van der Waals surface area contributed by atoms with E-state index < -0.39 is 0 Å². The van der Waals surface area contributed by atoms with Gasteiger partial charge in [0.05, 0.1) is 0 Å². The van der Waals surface area contributed by atoms with Gasteiger partial charge in [0.15, 0.2) is 0 Å². The van der Waals surface area contributed by atoms with Crippen molar-refractivity contribution in [3.63, 3.8) is 0 Å². The van der Waals surface area contributed by atoms with Gasteiger partial charge in [0.1, 0.15) is 0 Å². The molecular formula is C12H24N4. The van der Waals surface area contributed by atoms with Gasteiger partial charge in [-0.3, -0.25) is 0 Å². The summed E-state index contributed by atoms with van der Waals surface area (Å²) in [5, 5.41) is 13.3. The van der Waals surface area contributed by atoms with E-state index in [-0.39, 0.29) is 0 Å². The van der Waals surface area contributed by atoms with Gasteiger partial charge < -0.3 is 21.3 Å². The summed E-state index contributed by atoms with van der Waals surface area (Å²) < 4.78 is 0. The van der Waals surface area contributed by atoms with Crippen LogP contribution in [-0.2, 0) is 0 Å². The smallest absolute Gasteiger partial charge is 0.0347 e. The lowest BCUT2D eigenvalue weighted by atomic mass is 10.3. The molecule has 1 aliphatic heterocycles. The second kappa shape index (κ2) is 8.19. The average Bonchev–Trinajstić information content (AvgIpc) is 2.26. The molecule has 4 heteroatoms. The van der Waals surface area contributed by atoms with Gasteiger partial charge in [0, 0.05) is 37.6 Å². The number of hydrogen-bond donors (Lipinski definition) is 4. The van der Waals surface area contributed by atoms with Crippen LogP contribution >= 0.6 is 0 Å². The van der Waals surface area contributed by atoms with E-state index in [4.69, 9.17) is 0 Å². The number of hydrogen-bond acceptors (Lipinski definition) is 4. The molecule has 0 spiro atoms. The molecular weight excluding hydrogens is 200 g/mol. The lowest BCUT2D eigenvalue weighted by molar-refractivity contribution is 0.584. The molecule has 4 nitrogen and oxygen atoms in total. The summed E-state index contributed by atoms with van der Waals surface area (Å²) >= 11 is 0. The molecule has 4 N–H and O–H groups in total. The minimum Gasteiger partial charge on any atom is -0.388 e. The van der Waals surface area contributed by atoms with Crippen LogP contribution in [0.4, 0.5) is 0 Å². The van der Waals surface area contributed by atoms with E-state index in [1.165, 1.54) is 0 Å². The van der Waals surface area contributed by atoms with Crippen LogP contribution < -0.4 is 21.3 Å². The molecule has 1 rings (SSSR count). The zero-order valence-electron chi connectivity index (χ0n) is 10.1. The first-order valence-electron chi connectivity index (χ1n) is 6.04. The van der Waals surface area contributed by atoms with Crippen molar-refractivity contribution in [1.29, 1.82) is 0 Å². The van der Waals surface area contributed by atoms with Gasteiger partial charge in [-0.05, 0) is 25.9 Å². The molecule has 0 unspecified atom stereocenters. The molecule has 0 aliphatic carbocycles. The fourth-order valence-electron chi connectivity index (χ4n) is 1.56. The molecule has 1 fully saturated rings. The van der Waals surface area contributed by atoms with Gasteiger partial charge in [0.2, 0.25) is 0 Å². The summed E-state index contributed by atoms with van der Waals surface area (Å²) in [5.41, 5.74) is 2.15. The third kappa shape index (κ3) is 6.48. The number of rotatable bonds is 0. The van der Waals surface area contributed by atoms with Gasteiger partial charge in [-0.2, -0.15) is 0 Å². The van der Waals surface area contributed by atoms with Crippen molar-refractivity contribution in [3.8, 4) is 0 Å². The molecule has 0 saturated carbocycles. The molecule has 0 aromatic heterocycles. The van der Waals surface area contributed by atoms with Crippen LogP contribution in [0.15, 0.2) is 24.6 Å². The minimum absolute atomic E-state index is 0.861. The first-order chi connectivity index (χ1) is 7.79. The lowest BCUT2D eigenvalue weighted by Crippen LogP contribution is -2.32. The Hall–Kier alpha value is -1.00. The molecule has 0 atom stereocenters. The molecule has 0 amide bonds. The van der Waals surface area contributed by atoms with Crippen molar-refractivity contribution in [2.24, 2.45) is 0 Å². The molecule has 0 radical (unpaired) electrons. The third-order valence-electron chi connectivity index (χ3n) is 2.49. The Morgan fingerprint density at radius 1 is 0.688 bits per heavy atom. The lowest BCUT2D eigenvalue weighted by Gasteiger charge is -2.14. The van der Waals surface area contributed by atoms with Crippen LogP contribution in [0.3, 0.4) is 0 Å². The maximum absolute atomic E-state index is 3.97. The zero-order valence-corrected chi connectivity index (χ0v) is 10.1. The van der Waals surface area contributed by atoms with Crippen LogP contribution in [0.5, 0.6) is 0 Å². The molecule has 0 bridgehead atoms. The summed E-state index contributed by atoms with van der Waals surface area (Å²) in [6.45, 7) is 13.6. The van der Waals surface area contributed by atoms with Crippen LogP contribution in [-0.4, -0.2) is 39.3 Å². The van der Waals surface area contributed by atoms with Gasteiger partial charge in [-0.1, -0.05) is 13.2 Å². The molecule has 1 saturated heterocycles. The Morgan fingerprint density at radius 2 is 1.12 bits per heavy atom. The Balaban J connectivity index is 2.23. The zero-order chi connectivity index (χ0) is 11.6. The highest BCUT2D eigenvalue weighted by molar-refractivity contribution is 4.95. The Morgan fingerprint density at radius 3 is 1.62 bits per heavy atom. The summed E-state index contributed by atoms with van der Waals surface area (Å²) in [7, 11) is 0. The average molecular weight is 224 g/mol. The first kappa shape index (κ1) is 13.1. The van der Waals surface area contributed by atoms with Gasteiger partial charge in [0.25, 0.3) is 0 Å². The van der Waals surface area contributed by atoms with Crippen molar-refractivity contribution in [3.05, 3.63) is 24.6 Å². The Kier molecular flexibility index (Phi) is 6.69. The fourth-order valence-corrected chi connectivity index (χ4v) is 1.56. The van der Waals surface area contributed by atoms with Crippen LogP contribution in [0, 0.1) is 0 Å². The van der Waals surface area contributed by atoms with E-state index in [1.54, 1.807) is 0 Å². The maximum Gasteiger partial charge on any atom is 0.0347 e. The first-order valence-corrected chi connectivity index (χ1v) is 6.04. The highest BCUT2D eigenvalue weighted by Crippen LogP contribution is 1.87. The van der Waals surface area contributed by atoms with E-state index in [0.29, 0.717) is 0 Å². The van der Waals surface area contributed by atoms with Gasteiger partial charge in [-0.15, -0.1) is 0 Å². The van der Waals surface area contributed by atoms with Crippen molar-refractivity contribution in [2.45, 2.75) is 12.8 Å². The summed E-state index contributed by atoms with van der Waals surface area (Å²) in [5.74, 6) is 0. The van der Waals surface area contributed by atoms with E-state index in [0.717, 1.165) is 63.5 Å². The van der Waals surface area contributed by atoms with Crippen LogP contribution in [0.1, 0.15) is 12.8 Å². The van der Waals surface area contributed by atoms with Crippen LogP contribution in [0.2, 0.25) is 0 Å². The monoisotopic (exact) mass is 224 g/mol. The molecule has 0 aromatic carbocycles. The van der Waals surface area contributed by atoms with E-state index in [2.05, 4.69) is 34.4 Å². The van der Waals surface area contributed by atoms with Crippen molar-refractivity contribution in [1.82, 2.24) is 21.3 Å². The van der Waals surface area contributed by atoms with E-state index in [1.807, 2.05) is 0 Å². The minimum atomic E-state index is 0.861. The highest BCUT2D eigenvalue weighted by atomic mass is 15.0. The molecule has 1 heterocycles. The standard InChI is InChI=1S/C12H24N4/c1-11-9-13-5-3-6-14-10-12(2)16-8-4-7-15-11/h13-16H,1-10H2. The number of nitrogens with one attached hydrogen (secondary N) is 4. The van der Waals surface area contributed by atoms with Crippen molar-refractivity contribution in [2.75, 3.05) is 39.3 Å². The third-order valence-corrected chi connectivity index (χ3v) is 2.49. The Bertz CT molecular complexity index is 203. The van der Waals surface area contributed by atoms with Gasteiger partial charge >= 0.3 is 0 Å². The summed E-state index contributed by atoms with van der Waals surface area (Å²) in [6.07, 6.45) is 2.21. The SMILES string of the molecule is C=C1CNCCCNCC(=C)NCCCN1. The highest BCUT2D eigenvalue weighted by Gasteiger charge is 1.97. The second-order valence-corrected chi connectivity index (χ2v) is 4.12. The maximum atomic E-state index is 3.97. The Labute approximate surface area is 98.6 Å². The molecule has 0 aromatic rings. The molecule has 1 aliphatic rings. The predicted octanol–water partition coefficient (Wildman–Crippen LogP) is 0.166. The van der Waals surface area contributed by atoms with Crippen molar-refractivity contribution >= 4 is 0 Å². The van der Waals surface area contributed by atoms with E-state index >= 15 is 0 Å². The molecule has 16 heavy (non-hydrogen) atoms. The van der Waals surface area contributed by atoms with Crippen molar-refractivity contribution < 1.29 is 0 Å². The topological polar surface area (TPSA) is 48.1 Å². The van der Waals surface area contributed by atoms with E-state index in [9.17, 15) is 0 Å². The second-order valence-electron chi connectivity index (χ2n) is 4.12.